The van der Waals surface area contributed by atoms with E-state index in [-0.39, 0.29) is 6.03 Å². The fraction of sp³-hybridized carbons (Fsp3) is 0.900. The van der Waals surface area contributed by atoms with Crippen molar-refractivity contribution in [2.24, 2.45) is 5.73 Å². The van der Waals surface area contributed by atoms with E-state index >= 15 is 0 Å². The first-order chi connectivity index (χ1) is 7.19. The van der Waals surface area contributed by atoms with E-state index in [1.807, 2.05) is 18.9 Å². The Morgan fingerprint density at radius 1 is 1.33 bits per heavy atom. The zero-order chi connectivity index (χ0) is 11.3. The van der Waals surface area contributed by atoms with Gasteiger partial charge in [0.25, 0.3) is 0 Å². The van der Waals surface area contributed by atoms with Crippen molar-refractivity contribution in [2.45, 2.75) is 6.92 Å². The molecule has 0 bridgehead atoms. The van der Waals surface area contributed by atoms with Crippen molar-refractivity contribution in [3.05, 3.63) is 0 Å². The summed E-state index contributed by atoms with van der Waals surface area (Å²) in [6.07, 6.45) is 0. The number of rotatable bonds is 3. The second-order valence-corrected chi connectivity index (χ2v) is 3.91. The number of piperazine rings is 1. The maximum Gasteiger partial charge on any atom is 0.319 e. The lowest BCUT2D eigenvalue weighted by Crippen LogP contribution is -2.52. The van der Waals surface area contributed by atoms with Crippen molar-refractivity contribution < 1.29 is 4.79 Å². The topological polar surface area (TPSA) is 52.8 Å². The second-order valence-electron chi connectivity index (χ2n) is 3.91. The lowest BCUT2D eigenvalue weighted by atomic mass is 10.3. The molecule has 1 saturated heterocycles. The summed E-state index contributed by atoms with van der Waals surface area (Å²) in [7, 11) is 1.84. The highest BCUT2D eigenvalue weighted by atomic mass is 16.2. The van der Waals surface area contributed by atoms with E-state index in [1.165, 1.54) is 0 Å². The first-order valence-corrected chi connectivity index (χ1v) is 5.61. The van der Waals surface area contributed by atoms with Crippen LogP contribution < -0.4 is 5.73 Å². The third-order valence-corrected chi connectivity index (χ3v) is 2.89. The van der Waals surface area contributed by atoms with Gasteiger partial charge in [0.2, 0.25) is 0 Å². The molecule has 0 aliphatic carbocycles. The molecule has 1 rings (SSSR count). The summed E-state index contributed by atoms with van der Waals surface area (Å²) in [5, 5.41) is 0. The lowest BCUT2D eigenvalue weighted by Gasteiger charge is -2.36. The summed E-state index contributed by atoms with van der Waals surface area (Å²) in [5.41, 5.74) is 5.49. The van der Waals surface area contributed by atoms with Gasteiger partial charge in [-0.05, 0) is 6.92 Å². The van der Waals surface area contributed by atoms with Crippen molar-refractivity contribution in [3.63, 3.8) is 0 Å². The first kappa shape index (κ1) is 12.3. The van der Waals surface area contributed by atoms with Crippen molar-refractivity contribution in [3.8, 4) is 0 Å². The van der Waals surface area contributed by atoms with Crippen LogP contribution in [0.1, 0.15) is 6.92 Å². The minimum absolute atomic E-state index is 0.143. The van der Waals surface area contributed by atoms with Gasteiger partial charge in [-0.2, -0.15) is 0 Å². The van der Waals surface area contributed by atoms with E-state index in [4.69, 9.17) is 5.73 Å². The van der Waals surface area contributed by atoms with Crippen LogP contribution >= 0.6 is 0 Å². The maximum absolute atomic E-state index is 11.8. The van der Waals surface area contributed by atoms with Gasteiger partial charge in [-0.15, -0.1) is 0 Å². The number of amides is 2. The standard InChI is InChI=1S/C10H22N4O/c1-3-12(2)10(15)14-8-6-13(5-4-11)7-9-14/h3-9,11H2,1-2H3. The third-order valence-electron chi connectivity index (χ3n) is 2.89. The van der Waals surface area contributed by atoms with Crippen molar-refractivity contribution in [2.75, 3.05) is 52.9 Å². The number of carbonyl (C=O) groups is 1. The van der Waals surface area contributed by atoms with Crippen LogP contribution in [0.4, 0.5) is 4.79 Å². The zero-order valence-electron chi connectivity index (χ0n) is 9.78. The van der Waals surface area contributed by atoms with Gasteiger partial charge >= 0.3 is 6.03 Å². The third kappa shape index (κ3) is 3.35. The quantitative estimate of drug-likeness (QED) is 0.697. The SMILES string of the molecule is CCN(C)C(=O)N1CCN(CCN)CC1. The zero-order valence-corrected chi connectivity index (χ0v) is 9.78. The predicted molar refractivity (Wildman–Crippen MR) is 60.8 cm³/mol. The molecule has 0 saturated carbocycles. The molecule has 88 valence electrons. The molecule has 1 aliphatic rings. The Kier molecular flexibility index (Phi) is 4.84. The van der Waals surface area contributed by atoms with E-state index in [0.29, 0.717) is 6.54 Å². The molecule has 0 radical (unpaired) electrons. The number of nitrogens with zero attached hydrogens (tertiary/aromatic N) is 3. The van der Waals surface area contributed by atoms with E-state index in [0.717, 1.165) is 39.3 Å². The van der Waals surface area contributed by atoms with Crippen LogP contribution in [0, 0.1) is 0 Å². The second kappa shape index (κ2) is 5.92. The van der Waals surface area contributed by atoms with Gasteiger partial charge in [-0.1, -0.05) is 0 Å². The van der Waals surface area contributed by atoms with Crippen molar-refractivity contribution >= 4 is 6.03 Å². The van der Waals surface area contributed by atoms with E-state index < -0.39 is 0 Å². The highest BCUT2D eigenvalue weighted by Gasteiger charge is 2.22. The Balaban J connectivity index is 2.33. The Morgan fingerprint density at radius 2 is 1.93 bits per heavy atom. The van der Waals surface area contributed by atoms with E-state index in [1.54, 1.807) is 4.90 Å². The molecule has 0 aromatic rings. The van der Waals surface area contributed by atoms with Crippen LogP contribution in [0.25, 0.3) is 0 Å². The molecular formula is C10H22N4O. The Morgan fingerprint density at radius 3 is 2.40 bits per heavy atom. The van der Waals surface area contributed by atoms with Gasteiger partial charge < -0.3 is 15.5 Å². The fourth-order valence-electron chi connectivity index (χ4n) is 1.72. The molecule has 1 fully saturated rings. The number of hydrogen-bond donors (Lipinski definition) is 1. The summed E-state index contributed by atoms with van der Waals surface area (Å²) in [4.78, 5) is 17.8. The molecule has 0 atom stereocenters. The average Bonchev–Trinajstić information content (AvgIpc) is 2.28. The predicted octanol–water partition coefficient (Wildman–Crippen LogP) is -0.366. The number of hydrogen-bond acceptors (Lipinski definition) is 3. The minimum Gasteiger partial charge on any atom is -0.329 e. The van der Waals surface area contributed by atoms with Crippen LogP contribution in [0.5, 0.6) is 0 Å². The van der Waals surface area contributed by atoms with E-state index in [9.17, 15) is 4.79 Å². The molecule has 15 heavy (non-hydrogen) atoms. The molecule has 2 amide bonds. The smallest absolute Gasteiger partial charge is 0.319 e. The maximum atomic E-state index is 11.8. The lowest BCUT2D eigenvalue weighted by molar-refractivity contribution is 0.121. The van der Waals surface area contributed by atoms with Crippen LogP contribution in [-0.2, 0) is 0 Å². The van der Waals surface area contributed by atoms with Crippen LogP contribution in [0.15, 0.2) is 0 Å². The normalized spacial score (nSPS) is 17.9. The van der Waals surface area contributed by atoms with Crippen molar-refractivity contribution in [1.82, 2.24) is 14.7 Å². The Hall–Kier alpha value is -0.810. The number of carbonyl (C=O) groups excluding carboxylic acids is 1. The molecule has 2 N–H and O–H groups in total. The number of nitrogens with two attached hydrogens (primary N) is 1. The van der Waals surface area contributed by atoms with Crippen LogP contribution in [0.2, 0.25) is 0 Å². The highest BCUT2D eigenvalue weighted by molar-refractivity contribution is 5.74. The minimum atomic E-state index is 0.143. The van der Waals surface area contributed by atoms with E-state index in [2.05, 4.69) is 4.90 Å². The Bertz CT molecular complexity index is 202. The van der Waals surface area contributed by atoms with Gasteiger partial charge in [0, 0.05) is 52.9 Å². The summed E-state index contributed by atoms with van der Waals surface area (Å²) >= 11 is 0. The van der Waals surface area contributed by atoms with Gasteiger partial charge in [0.15, 0.2) is 0 Å². The Labute approximate surface area is 91.8 Å². The van der Waals surface area contributed by atoms with Gasteiger partial charge in [-0.3, -0.25) is 4.90 Å². The molecule has 5 nitrogen and oxygen atoms in total. The molecule has 0 aromatic heterocycles. The van der Waals surface area contributed by atoms with Crippen LogP contribution in [0.3, 0.4) is 0 Å². The van der Waals surface area contributed by atoms with Crippen molar-refractivity contribution in [1.29, 1.82) is 0 Å². The van der Waals surface area contributed by atoms with Crippen LogP contribution in [-0.4, -0.2) is 73.6 Å². The molecule has 1 aliphatic heterocycles. The highest BCUT2D eigenvalue weighted by Crippen LogP contribution is 2.04. The first-order valence-electron chi connectivity index (χ1n) is 5.61. The van der Waals surface area contributed by atoms with Gasteiger partial charge in [-0.25, -0.2) is 4.79 Å². The molecule has 5 heteroatoms. The molecule has 1 heterocycles. The molecular weight excluding hydrogens is 192 g/mol. The molecule has 0 aromatic carbocycles. The van der Waals surface area contributed by atoms with Gasteiger partial charge in [0.05, 0.1) is 0 Å². The largest absolute Gasteiger partial charge is 0.329 e. The number of urea groups is 1. The monoisotopic (exact) mass is 214 g/mol. The summed E-state index contributed by atoms with van der Waals surface area (Å²) < 4.78 is 0. The fourth-order valence-corrected chi connectivity index (χ4v) is 1.72. The summed E-state index contributed by atoms with van der Waals surface area (Å²) in [5.74, 6) is 0. The summed E-state index contributed by atoms with van der Waals surface area (Å²) in [6.45, 7) is 7.92. The molecule has 0 spiro atoms. The summed E-state index contributed by atoms with van der Waals surface area (Å²) in [6, 6.07) is 0.143. The van der Waals surface area contributed by atoms with Gasteiger partial charge in [0.1, 0.15) is 0 Å². The molecule has 0 unspecified atom stereocenters. The average molecular weight is 214 g/mol.